The topological polar surface area (TPSA) is 59.0 Å². The molecule has 1 atom stereocenters. The van der Waals surface area contributed by atoms with Crippen molar-refractivity contribution in [2.45, 2.75) is 26.4 Å². The summed E-state index contributed by atoms with van der Waals surface area (Å²) in [5.74, 6) is 0.934. The normalized spacial score (nSPS) is 19.5. The lowest BCUT2D eigenvalue weighted by Crippen LogP contribution is -2.51. The van der Waals surface area contributed by atoms with Crippen LogP contribution in [0.4, 0.5) is 0 Å². The molecule has 0 aliphatic carbocycles. The molecule has 1 aromatic rings. The van der Waals surface area contributed by atoms with E-state index < -0.39 is 0 Å². The number of methoxy groups -OCH3 is 1. The van der Waals surface area contributed by atoms with Crippen molar-refractivity contribution in [1.29, 1.82) is 0 Å². The maximum Gasteiger partial charge on any atom is 0.193 e. The van der Waals surface area contributed by atoms with E-state index in [0.717, 1.165) is 42.7 Å². The molecule has 0 aromatic carbocycles. The van der Waals surface area contributed by atoms with Gasteiger partial charge < -0.3 is 19.7 Å². The van der Waals surface area contributed by atoms with Gasteiger partial charge in [-0.25, -0.2) is 4.98 Å². The zero-order chi connectivity index (χ0) is 15.9. The summed E-state index contributed by atoms with van der Waals surface area (Å²) in [6, 6.07) is 0. The van der Waals surface area contributed by atoms with Gasteiger partial charge in [-0.3, -0.25) is 4.99 Å². The summed E-state index contributed by atoms with van der Waals surface area (Å²) in [5, 5.41) is 4.58. The van der Waals surface area contributed by atoms with E-state index in [1.807, 2.05) is 7.05 Å². The highest BCUT2D eigenvalue weighted by Gasteiger charge is 2.22. The van der Waals surface area contributed by atoms with Crippen molar-refractivity contribution in [3.8, 4) is 0 Å². The van der Waals surface area contributed by atoms with Crippen LogP contribution in [0.15, 0.2) is 4.99 Å². The molecule has 1 saturated heterocycles. The summed E-state index contributed by atoms with van der Waals surface area (Å²) in [6.45, 7) is 7.99. The molecule has 2 heterocycles. The minimum atomic E-state index is 0.115. The van der Waals surface area contributed by atoms with Gasteiger partial charge in [-0.2, -0.15) is 0 Å². The molecule has 1 aliphatic rings. The summed E-state index contributed by atoms with van der Waals surface area (Å²) < 4.78 is 10.9. The highest BCUT2D eigenvalue weighted by Crippen LogP contribution is 2.17. The summed E-state index contributed by atoms with van der Waals surface area (Å²) in [4.78, 5) is 12.4. The maximum atomic E-state index is 5.68. The first-order valence-electron chi connectivity index (χ1n) is 7.63. The van der Waals surface area contributed by atoms with Crippen LogP contribution in [-0.2, 0) is 15.9 Å². The van der Waals surface area contributed by atoms with Gasteiger partial charge >= 0.3 is 0 Å². The average Bonchev–Trinajstić information content (AvgIpc) is 2.82. The lowest BCUT2D eigenvalue weighted by atomic mass is 10.3. The third-order valence-electron chi connectivity index (χ3n) is 3.64. The van der Waals surface area contributed by atoms with Gasteiger partial charge in [-0.1, -0.05) is 0 Å². The number of nitrogens with one attached hydrogen (secondary N) is 1. The SMILES string of the molecule is CN=C(NCCc1sc(C)nc1C)N1CCOC(COC)C1. The van der Waals surface area contributed by atoms with Gasteiger partial charge in [-0.15, -0.1) is 11.3 Å². The van der Waals surface area contributed by atoms with Crippen LogP contribution in [0.3, 0.4) is 0 Å². The lowest BCUT2D eigenvalue weighted by Gasteiger charge is -2.34. The van der Waals surface area contributed by atoms with Crippen LogP contribution < -0.4 is 5.32 Å². The van der Waals surface area contributed by atoms with Gasteiger partial charge in [0.1, 0.15) is 0 Å². The second kappa shape index (κ2) is 8.45. The van der Waals surface area contributed by atoms with Gasteiger partial charge in [0, 0.05) is 45.1 Å². The fourth-order valence-corrected chi connectivity index (χ4v) is 3.56. The molecule has 0 spiro atoms. The molecule has 1 N–H and O–H groups in total. The molecule has 0 bridgehead atoms. The van der Waals surface area contributed by atoms with Crippen molar-refractivity contribution < 1.29 is 9.47 Å². The highest BCUT2D eigenvalue weighted by molar-refractivity contribution is 7.11. The fraction of sp³-hybridized carbons (Fsp3) is 0.733. The molecule has 2 rings (SSSR count). The molecule has 0 saturated carbocycles. The van der Waals surface area contributed by atoms with E-state index in [9.17, 15) is 0 Å². The first-order chi connectivity index (χ1) is 10.6. The van der Waals surface area contributed by atoms with Crippen molar-refractivity contribution >= 4 is 17.3 Å². The molecule has 1 unspecified atom stereocenters. The Labute approximate surface area is 136 Å². The third-order valence-corrected chi connectivity index (χ3v) is 4.77. The van der Waals surface area contributed by atoms with E-state index in [1.165, 1.54) is 4.88 Å². The van der Waals surface area contributed by atoms with Gasteiger partial charge in [-0.05, 0) is 13.8 Å². The zero-order valence-corrected chi connectivity index (χ0v) is 14.7. The summed E-state index contributed by atoms with van der Waals surface area (Å²) in [5.41, 5.74) is 1.14. The number of nitrogens with zero attached hydrogens (tertiary/aromatic N) is 3. The minimum Gasteiger partial charge on any atom is -0.382 e. The van der Waals surface area contributed by atoms with E-state index in [4.69, 9.17) is 9.47 Å². The quantitative estimate of drug-likeness (QED) is 0.651. The standard InChI is InChI=1S/C15H26N4O2S/c1-11-14(22-12(2)18-11)5-6-17-15(16-3)19-7-8-21-13(9-19)10-20-4/h13H,5-10H2,1-4H3,(H,16,17). The first kappa shape index (κ1) is 17.2. The molecule has 6 nitrogen and oxygen atoms in total. The first-order valence-corrected chi connectivity index (χ1v) is 8.44. The Morgan fingerprint density at radius 3 is 3.00 bits per heavy atom. The van der Waals surface area contributed by atoms with E-state index in [-0.39, 0.29) is 6.10 Å². The Morgan fingerprint density at radius 1 is 1.55 bits per heavy atom. The Hall–Kier alpha value is -1.18. The Morgan fingerprint density at radius 2 is 2.36 bits per heavy atom. The lowest BCUT2D eigenvalue weighted by molar-refractivity contribution is -0.0447. The molecule has 0 radical (unpaired) electrons. The molecular weight excluding hydrogens is 300 g/mol. The summed E-state index contributed by atoms with van der Waals surface area (Å²) >= 11 is 1.78. The van der Waals surface area contributed by atoms with Crippen LogP contribution >= 0.6 is 11.3 Å². The number of morpholine rings is 1. The average molecular weight is 326 g/mol. The molecule has 7 heteroatoms. The second-order valence-corrected chi connectivity index (χ2v) is 6.65. The van der Waals surface area contributed by atoms with Crippen LogP contribution in [-0.4, -0.2) is 69.0 Å². The molecule has 22 heavy (non-hydrogen) atoms. The third kappa shape index (κ3) is 4.66. The number of rotatable bonds is 5. The van der Waals surface area contributed by atoms with Gasteiger partial charge in [0.25, 0.3) is 0 Å². The number of ether oxygens (including phenoxy) is 2. The largest absolute Gasteiger partial charge is 0.382 e. The molecular formula is C15H26N4O2S. The number of thiazole rings is 1. The smallest absolute Gasteiger partial charge is 0.193 e. The number of aliphatic imine (C=N–C) groups is 1. The van der Waals surface area contributed by atoms with Crippen LogP contribution in [0.2, 0.25) is 0 Å². The Balaban J connectivity index is 1.83. The number of hydrogen-bond donors (Lipinski definition) is 1. The second-order valence-electron chi connectivity index (χ2n) is 5.36. The monoisotopic (exact) mass is 326 g/mol. The van der Waals surface area contributed by atoms with Gasteiger partial charge in [0.15, 0.2) is 5.96 Å². The van der Waals surface area contributed by atoms with Crippen molar-refractivity contribution in [1.82, 2.24) is 15.2 Å². The van der Waals surface area contributed by atoms with Crippen molar-refractivity contribution in [2.75, 3.05) is 47.0 Å². The van der Waals surface area contributed by atoms with E-state index >= 15 is 0 Å². The van der Waals surface area contributed by atoms with Crippen molar-refractivity contribution in [3.05, 3.63) is 15.6 Å². The van der Waals surface area contributed by atoms with Crippen molar-refractivity contribution in [3.63, 3.8) is 0 Å². The van der Waals surface area contributed by atoms with Gasteiger partial charge in [0.05, 0.1) is 30.0 Å². The highest BCUT2D eigenvalue weighted by atomic mass is 32.1. The number of hydrogen-bond acceptors (Lipinski definition) is 5. The Kier molecular flexibility index (Phi) is 6.60. The number of aryl methyl sites for hydroxylation is 2. The minimum absolute atomic E-state index is 0.115. The molecule has 124 valence electrons. The van der Waals surface area contributed by atoms with E-state index in [0.29, 0.717) is 13.2 Å². The Bertz CT molecular complexity index is 502. The predicted molar refractivity (Wildman–Crippen MR) is 89.8 cm³/mol. The van der Waals surface area contributed by atoms with Crippen LogP contribution in [0.25, 0.3) is 0 Å². The molecule has 1 aromatic heterocycles. The van der Waals surface area contributed by atoms with Gasteiger partial charge in [0.2, 0.25) is 0 Å². The predicted octanol–water partition coefficient (Wildman–Crippen LogP) is 1.23. The van der Waals surface area contributed by atoms with Crippen LogP contribution in [0.1, 0.15) is 15.6 Å². The molecule has 1 aliphatic heterocycles. The van der Waals surface area contributed by atoms with Crippen molar-refractivity contribution in [2.24, 2.45) is 4.99 Å². The van der Waals surface area contributed by atoms with Crippen LogP contribution in [0, 0.1) is 13.8 Å². The summed E-state index contributed by atoms with van der Waals surface area (Å²) in [7, 11) is 3.53. The summed E-state index contributed by atoms with van der Waals surface area (Å²) in [6.07, 6.45) is 1.09. The molecule has 1 fully saturated rings. The fourth-order valence-electron chi connectivity index (χ4n) is 2.62. The number of guanidine groups is 1. The van der Waals surface area contributed by atoms with E-state index in [1.54, 1.807) is 18.4 Å². The van der Waals surface area contributed by atoms with E-state index in [2.05, 4.69) is 34.0 Å². The molecule has 0 amide bonds. The zero-order valence-electron chi connectivity index (χ0n) is 13.9. The maximum absolute atomic E-state index is 5.68. The van der Waals surface area contributed by atoms with Crippen LogP contribution in [0.5, 0.6) is 0 Å². The number of aromatic nitrogens is 1.